The molecule has 0 bridgehead atoms. The zero-order valence-corrected chi connectivity index (χ0v) is 10.7. The van der Waals surface area contributed by atoms with Crippen molar-refractivity contribution in [2.75, 3.05) is 0 Å². The Balaban J connectivity index is 2.02. The number of hydrogen-bond donors (Lipinski definition) is 0. The van der Waals surface area contributed by atoms with Crippen LogP contribution in [-0.2, 0) is 0 Å². The maximum absolute atomic E-state index is 4.14. The Morgan fingerprint density at radius 1 is 0.944 bits per heavy atom. The van der Waals surface area contributed by atoms with Gasteiger partial charge in [0.05, 0.1) is 18.0 Å². The van der Waals surface area contributed by atoms with Gasteiger partial charge in [-0.3, -0.25) is 0 Å². The van der Waals surface area contributed by atoms with Crippen LogP contribution >= 0.6 is 0 Å². The average Bonchev–Trinajstić information content (AvgIpc) is 2.86. The summed E-state index contributed by atoms with van der Waals surface area (Å²) in [6, 6.07) is 13.0. The molecule has 2 nitrogen and oxygen atoms in total. The zero-order chi connectivity index (χ0) is 12.5. The third kappa shape index (κ3) is 1.90. The van der Waals surface area contributed by atoms with E-state index in [4.69, 9.17) is 0 Å². The first-order valence-corrected chi connectivity index (χ1v) is 6.26. The Morgan fingerprint density at radius 3 is 2.39 bits per heavy atom. The first-order valence-electron chi connectivity index (χ1n) is 6.26. The Labute approximate surface area is 107 Å². The minimum absolute atomic E-state index is 0.579. The van der Waals surface area contributed by atoms with Gasteiger partial charge in [0, 0.05) is 6.20 Å². The summed E-state index contributed by atoms with van der Waals surface area (Å²) in [5.41, 5.74) is 4.96. The Morgan fingerprint density at radius 2 is 1.67 bits per heavy atom. The van der Waals surface area contributed by atoms with E-state index in [-0.39, 0.29) is 0 Å². The SMILES string of the molecule is CC(C)c1ccc(-c2ccc3cncn3c2)cc1. The second-order valence-corrected chi connectivity index (χ2v) is 4.92. The summed E-state index contributed by atoms with van der Waals surface area (Å²) in [5, 5.41) is 0. The van der Waals surface area contributed by atoms with Crippen molar-refractivity contribution in [2.24, 2.45) is 0 Å². The van der Waals surface area contributed by atoms with Crippen LogP contribution in [0.15, 0.2) is 55.1 Å². The smallest absolute Gasteiger partial charge is 0.0992 e. The fourth-order valence-electron chi connectivity index (χ4n) is 2.15. The Hall–Kier alpha value is -2.09. The number of hydrogen-bond acceptors (Lipinski definition) is 1. The van der Waals surface area contributed by atoms with Crippen molar-refractivity contribution in [1.82, 2.24) is 9.38 Å². The predicted octanol–water partition coefficient (Wildman–Crippen LogP) is 4.12. The molecule has 90 valence electrons. The van der Waals surface area contributed by atoms with Gasteiger partial charge in [-0.05, 0) is 28.7 Å². The molecule has 0 saturated heterocycles. The Kier molecular flexibility index (Phi) is 2.63. The molecule has 0 radical (unpaired) electrons. The van der Waals surface area contributed by atoms with Crippen LogP contribution in [0.1, 0.15) is 25.3 Å². The van der Waals surface area contributed by atoms with E-state index in [9.17, 15) is 0 Å². The van der Waals surface area contributed by atoms with Gasteiger partial charge in [0.25, 0.3) is 0 Å². The molecule has 18 heavy (non-hydrogen) atoms. The summed E-state index contributed by atoms with van der Waals surface area (Å²) in [7, 11) is 0. The van der Waals surface area contributed by atoms with Crippen LogP contribution < -0.4 is 0 Å². The van der Waals surface area contributed by atoms with Crippen molar-refractivity contribution in [3.05, 3.63) is 60.7 Å². The van der Waals surface area contributed by atoms with Gasteiger partial charge in [0.15, 0.2) is 0 Å². The first kappa shape index (κ1) is 11.0. The molecule has 2 heteroatoms. The lowest BCUT2D eigenvalue weighted by atomic mass is 9.99. The molecule has 0 N–H and O–H groups in total. The lowest BCUT2D eigenvalue weighted by Crippen LogP contribution is -1.88. The summed E-state index contributed by atoms with van der Waals surface area (Å²) >= 11 is 0. The molecule has 3 rings (SSSR count). The molecule has 1 aromatic carbocycles. The largest absolute Gasteiger partial charge is 0.306 e. The summed E-state index contributed by atoms with van der Waals surface area (Å²) in [6.45, 7) is 4.43. The van der Waals surface area contributed by atoms with E-state index >= 15 is 0 Å². The molecule has 3 aromatic rings. The quantitative estimate of drug-likeness (QED) is 0.654. The fourth-order valence-corrected chi connectivity index (χ4v) is 2.15. The van der Waals surface area contributed by atoms with Crippen LogP contribution in [0.4, 0.5) is 0 Å². The minimum atomic E-state index is 0.579. The van der Waals surface area contributed by atoms with Crippen LogP contribution in [-0.4, -0.2) is 9.38 Å². The number of fused-ring (bicyclic) bond motifs is 1. The molecule has 2 aromatic heterocycles. The highest BCUT2D eigenvalue weighted by Gasteiger charge is 2.02. The highest BCUT2D eigenvalue weighted by atomic mass is 15.0. The van der Waals surface area contributed by atoms with Crippen molar-refractivity contribution < 1.29 is 0 Å². The van der Waals surface area contributed by atoms with E-state index < -0.39 is 0 Å². The van der Waals surface area contributed by atoms with Crippen LogP contribution in [0.2, 0.25) is 0 Å². The first-order chi connectivity index (χ1) is 8.74. The van der Waals surface area contributed by atoms with E-state index in [1.54, 1.807) is 0 Å². The molecule has 0 aliphatic heterocycles. The van der Waals surface area contributed by atoms with Gasteiger partial charge in [-0.2, -0.15) is 0 Å². The zero-order valence-electron chi connectivity index (χ0n) is 10.7. The molecule has 0 aliphatic rings. The summed E-state index contributed by atoms with van der Waals surface area (Å²) in [5.74, 6) is 0.579. The molecule has 0 fully saturated rings. The van der Waals surface area contributed by atoms with Crippen molar-refractivity contribution in [3.63, 3.8) is 0 Å². The monoisotopic (exact) mass is 236 g/mol. The van der Waals surface area contributed by atoms with Gasteiger partial charge in [0.1, 0.15) is 0 Å². The second kappa shape index (κ2) is 4.30. The molecular formula is C16H16N2. The fraction of sp³-hybridized carbons (Fsp3) is 0.188. The standard InChI is InChI=1S/C16H16N2/c1-12(2)13-3-5-14(6-4-13)15-7-8-16-9-17-11-18(16)10-15/h3-12H,1-2H3. The number of nitrogens with zero attached hydrogens (tertiary/aromatic N) is 2. The number of aromatic nitrogens is 2. The molecule has 2 heterocycles. The van der Waals surface area contributed by atoms with Gasteiger partial charge in [-0.1, -0.05) is 44.2 Å². The van der Waals surface area contributed by atoms with Crippen molar-refractivity contribution >= 4 is 5.52 Å². The van der Waals surface area contributed by atoms with E-state index in [1.807, 2.05) is 16.9 Å². The van der Waals surface area contributed by atoms with Gasteiger partial charge in [-0.25, -0.2) is 4.98 Å². The van der Waals surface area contributed by atoms with Crippen molar-refractivity contribution in [3.8, 4) is 11.1 Å². The topological polar surface area (TPSA) is 17.3 Å². The molecular weight excluding hydrogens is 220 g/mol. The number of imidazole rings is 1. The van der Waals surface area contributed by atoms with Crippen LogP contribution in [0.25, 0.3) is 16.6 Å². The minimum Gasteiger partial charge on any atom is -0.306 e. The van der Waals surface area contributed by atoms with Crippen LogP contribution in [0.5, 0.6) is 0 Å². The Bertz CT molecular complexity index is 663. The molecule has 0 saturated carbocycles. The molecule has 0 amide bonds. The van der Waals surface area contributed by atoms with E-state index in [0.717, 1.165) is 5.52 Å². The highest BCUT2D eigenvalue weighted by Crippen LogP contribution is 2.23. The maximum atomic E-state index is 4.14. The lowest BCUT2D eigenvalue weighted by Gasteiger charge is -2.07. The van der Waals surface area contributed by atoms with Crippen LogP contribution in [0, 0.1) is 0 Å². The predicted molar refractivity (Wildman–Crippen MR) is 74.7 cm³/mol. The van der Waals surface area contributed by atoms with E-state index in [1.165, 1.54) is 16.7 Å². The van der Waals surface area contributed by atoms with Gasteiger partial charge < -0.3 is 4.40 Å². The lowest BCUT2D eigenvalue weighted by molar-refractivity contribution is 0.867. The third-order valence-corrected chi connectivity index (χ3v) is 3.32. The summed E-state index contributed by atoms with van der Waals surface area (Å²) in [6.07, 6.45) is 5.82. The molecule has 0 unspecified atom stereocenters. The van der Waals surface area contributed by atoms with Gasteiger partial charge >= 0.3 is 0 Å². The summed E-state index contributed by atoms with van der Waals surface area (Å²) < 4.78 is 2.05. The number of rotatable bonds is 2. The number of pyridine rings is 1. The molecule has 0 atom stereocenters. The maximum Gasteiger partial charge on any atom is 0.0992 e. The normalized spacial score (nSPS) is 11.3. The third-order valence-electron chi connectivity index (χ3n) is 3.32. The van der Waals surface area contributed by atoms with E-state index in [2.05, 4.69) is 61.4 Å². The molecule has 0 aliphatic carbocycles. The average molecular weight is 236 g/mol. The van der Waals surface area contributed by atoms with Gasteiger partial charge in [0.2, 0.25) is 0 Å². The van der Waals surface area contributed by atoms with Gasteiger partial charge in [-0.15, -0.1) is 0 Å². The van der Waals surface area contributed by atoms with Crippen molar-refractivity contribution in [1.29, 1.82) is 0 Å². The van der Waals surface area contributed by atoms with Crippen LogP contribution in [0.3, 0.4) is 0 Å². The second-order valence-electron chi connectivity index (χ2n) is 4.92. The van der Waals surface area contributed by atoms with Crippen molar-refractivity contribution in [2.45, 2.75) is 19.8 Å². The highest BCUT2D eigenvalue weighted by molar-refractivity contribution is 5.65. The van der Waals surface area contributed by atoms with E-state index in [0.29, 0.717) is 5.92 Å². The number of benzene rings is 1. The summed E-state index contributed by atoms with van der Waals surface area (Å²) in [4.78, 5) is 4.14. The molecule has 0 spiro atoms.